The van der Waals surface area contributed by atoms with E-state index in [4.69, 9.17) is 5.11 Å². The predicted molar refractivity (Wildman–Crippen MR) is 78.2 cm³/mol. The largest absolute Gasteiger partial charge is 0.481 e. The van der Waals surface area contributed by atoms with Crippen LogP contribution in [0, 0.1) is 0 Å². The number of aliphatic carboxylic acids is 1. The van der Waals surface area contributed by atoms with Gasteiger partial charge >= 0.3 is 5.97 Å². The molecule has 110 valence electrons. The van der Waals surface area contributed by atoms with Gasteiger partial charge in [-0.3, -0.25) is 4.79 Å². The van der Waals surface area contributed by atoms with E-state index in [0.29, 0.717) is 5.56 Å². The van der Waals surface area contributed by atoms with Gasteiger partial charge in [-0.05, 0) is 23.3 Å². The van der Waals surface area contributed by atoms with Gasteiger partial charge in [0.25, 0.3) is 0 Å². The second-order valence-electron chi connectivity index (χ2n) is 4.52. The van der Waals surface area contributed by atoms with Crippen LogP contribution in [0.4, 0.5) is 0 Å². The van der Waals surface area contributed by atoms with E-state index in [9.17, 15) is 13.2 Å². The van der Waals surface area contributed by atoms with Crippen molar-refractivity contribution in [1.82, 2.24) is 4.72 Å². The van der Waals surface area contributed by atoms with Crippen LogP contribution < -0.4 is 4.72 Å². The quantitative estimate of drug-likeness (QED) is 0.852. The van der Waals surface area contributed by atoms with E-state index in [2.05, 4.69) is 4.72 Å². The monoisotopic (exact) mass is 305 g/mol. The number of nitrogens with one attached hydrogen (secondary N) is 1. The molecule has 0 heterocycles. The van der Waals surface area contributed by atoms with Gasteiger partial charge in [0.05, 0.1) is 11.3 Å². The highest BCUT2D eigenvalue weighted by molar-refractivity contribution is 7.89. The molecule has 0 atom stereocenters. The van der Waals surface area contributed by atoms with Gasteiger partial charge in [-0.15, -0.1) is 0 Å². The fourth-order valence-electron chi connectivity index (χ4n) is 1.82. The third-order valence-corrected chi connectivity index (χ3v) is 4.32. The highest BCUT2D eigenvalue weighted by atomic mass is 32.2. The van der Waals surface area contributed by atoms with Crippen molar-refractivity contribution in [2.75, 3.05) is 0 Å². The zero-order valence-electron chi connectivity index (χ0n) is 11.2. The molecule has 2 rings (SSSR count). The van der Waals surface area contributed by atoms with Crippen LogP contribution >= 0.6 is 0 Å². The molecule has 5 nitrogen and oxygen atoms in total. The summed E-state index contributed by atoms with van der Waals surface area (Å²) in [5.41, 5.74) is 1.42. The van der Waals surface area contributed by atoms with E-state index in [1.165, 1.54) is 24.3 Å². The van der Waals surface area contributed by atoms with Crippen molar-refractivity contribution in [3.05, 3.63) is 65.7 Å². The Kier molecular flexibility index (Phi) is 4.72. The fraction of sp³-hybridized carbons (Fsp3) is 0.133. The number of sulfonamides is 1. The SMILES string of the molecule is O=C(O)Cc1ccc(S(=O)(=O)NCc2ccccc2)cc1. The number of rotatable bonds is 6. The summed E-state index contributed by atoms with van der Waals surface area (Å²) in [4.78, 5) is 10.7. The van der Waals surface area contributed by atoms with Crippen molar-refractivity contribution >= 4 is 16.0 Å². The van der Waals surface area contributed by atoms with Gasteiger partial charge in [0.2, 0.25) is 10.0 Å². The van der Waals surface area contributed by atoms with Crippen LogP contribution in [0.15, 0.2) is 59.5 Å². The number of benzene rings is 2. The summed E-state index contributed by atoms with van der Waals surface area (Å²) in [6.07, 6.45) is -0.127. The number of carbonyl (C=O) groups is 1. The lowest BCUT2D eigenvalue weighted by atomic mass is 10.2. The first-order valence-corrected chi connectivity index (χ1v) is 7.80. The highest BCUT2D eigenvalue weighted by Gasteiger charge is 2.13. The normalized spacial score (nSPS) is 11.2. The van der Waals surface area contributed by atoms with Crippen LogP contribution in [0.3, 0.4) is 0 Å². The highest BCUT2D eigenvalue weighted by Crippen LogP contribution is 2.12. The van der Waals surface area contributed by atoms with Crippen molar-refractivity contribution in [3.8, 4) is 0 Å². The third kappa shape index (κ3) is 4.40. The maximum Gasteiger partial charge on any atom is 0.307 e. The second-order valence-corrected chi connectivity index (χ2v) is 6.29. The van der Waals surface area contributed by atoms with Gasteiger partial charge in [0, 0.05) is 6.54 Å². The van der Waals surface area contributed by atoms with Crippen LogP contribution in [-0.2, 0) is 27.8 Å². The summed E-state index contributed by atoms with van der Waals surface area (Å²) < 4.78 is 26.7. The molecule has 2 aromatic carbocycles. The van der Waals surface area contributed by atoms with Crippen molar-refractivity contribution < 1.29 is 18.3 Å². The molecule has 2 N–H and O–H groups in total. The lowest BCUT2D eigenvalue weighted by molar-refractivity contribution is -0.136. The van der Waals surface area contributed by atoms with E-state index in [1.807, 2.05) is 30.3 Å². The summed E-state index contributed by atoms with van der Waals surface area (Å²) in [6, 6.07) is 15.0. The first-order valence-electron chi connectivity index (χ1n) is 6.32. The maximum absolute atomic E-state index is 12.1. The molecule has 0 aliphatic rings. The van der Waals surface area contributed by atoms with Gasteiger partial charge in [-0.25, -0.2) is 13.1 Å². The topological polar surface area (TPSA) is 83.5 Å². The molecule has 0 spiro atoms. The minimum absolute atomic E-state index is 0.118. The fourth-order valence-corrected chi connectivity index (χ4v) is 2.84. The van der Waals surface area contributed by atoms with E-state index in [0.717, 1.165) is 5.56 Å². The molecule has 0 bridgehead atoms. The molecular weight excluding hydrogens is 290 g/mol. The smallest absolute Gasteiger partial charge is 0.307 e. The Morgan fingerprint density at radius 2 is 1.57 bits per heavy atom. The van der Waals surface area contributed by atoms with Crippen molar-refractivity contribution in [3.63, 3.8) is 0 Å². The van der Waals surface area contributed by atoms with E-state index < -0.39 is 16.0 Å². The average Bonchev–Trinajstić information content (AvgIpc) is 2.46. The molecule has 2 aromatic rings. The first kappa shape index (κ1) is 15.2. The van der Waals surface area contributed by atoms with E-state index >= 15 is 0 Å². The van der Waals surface area contributed by atoms with Crippen LogP contribution in [0.1, 0.15) is 11.1 Å². The summed E-state index contributed by atoms with van der Waals surface area (Å²) >= 11 is 0. The summed E-state index contributed by atoms with van der Waals surface area (Å²) in [7, 11) is -3.60. The lowest BCUT2D eigenvalue weighted by Crippen LogP contribution is -2.23. The van der Waals surface area contributed by atoms with Gasteiger partial charge in [-0.1, -0.05) is 42.5 Å². The lowest BCUT2D eigenvalue weighted by Gasteiger charge is -2.07. The van der Waals surface area contributed by atoms with Crippen LogP contribution in [0.5, 0.6) is 0 Å². The molecule has 21 heavy (non-hydrogen) atoms. The van der Waals surface area contributed by atoms with Crippen LogP contribution in [0.2, 0.25) is 0 Å². The minimum atomic E-state index is -3.60. The standard InChI is InChI=1S/C15H15NO4S/c17-15(18)10-12-6-8-14(9-7-12)21(19,20)16-11-13-4-2-1-3-5-13/h1-9,16H,10-11H2,(H,17,18). The number of hydrogen-bond donors (Lipinski definition) is 2. The van der Waals surface area contributed by atoms with E-state index in [1.54, 1.807) is 0 Å². The number of carboxylic acids is 1. The van der Waals surface area contributed by atoms with Crippen molar-refractivity contribution in [2.24, 2.45) is 0 Å². The molecule has 0 radical (unpaired) electrons. The van der Waals surface area contributed by atoms with Gasteiger partial charge in [0.1, 0.15) is 0 Å². The van der Waals surface area contributed by atoms with Gasteiger partial charge in [-0.2, -0.15) is 0 Å². The van der Waals surface area contributed by atoms with Gasteiger partial charge in [0.15, 0.2) is 0 Å². The molecule has 0 aromatic heterocycles. The van der Waals surface area contributed by atoms with Crippen LogP contribution in [-0.4, -0.2) is 19.5 Å². The van der Waals surface area contributed by atoms with Crippen LogP contribution in [0.25, 0.3) is 0 Å². The Labute approximate surface area is 123 Å². The molecule has 0 unspecified atom stereocenters. The molecule has 0 saturated heterocycles. The molecule has 0 aliphatic carbocycles. The summed E-state index contributed by atoms with van der Waals surface area (Å²) in [6.45, 7) is 0.208. The third-order valence-electron chi connectivity index (χ3n) is 2.90. The molecular formula is C15H15NO4S. The first-order chi connectivity index (χ1) is 9.97. The maximum atomic E-state index is 12.1. The summed E-state index contributed by atoms with van der Waals surface area (Å²) in [5, 5.41) is 8.68. The Hall–Kier alpha value is -2.18. The van der Waals surface area contributed by atoms with Crippen molar-refractivity contribution in [2.45, 2.75) is 17.9 Å². The molecule has 0 fully saturated rings. The molecule has 0 aliphatic heterocycles. The zero-order valence-corrected chi connectivity index (χ0v) is 12.0. The average molecular weight is 305 g/mol. The predicted octanol–water partition coefficient (Wildman–Crippen LogP) is 1.79. The molecule has 0 saturated carbocycles. The second kappa shape index (κ2) is 6.51. The van der Waals surface area contributed by atoms with E-state index in [-0.39, 0.29) is 17.9 Å². The number of carboxylic acid groups (broad SMARTS) is 1. The van der Waals surface area contributed by atoms with Crippen molar-refractivity contribution in [1.29, 1.82) is 0 Å². The Bertz CT molecular complexity index is 709. The Balaban J connectivity index is 2.07. The zero-order chi connectivity index (χ0) is 15.3. The Morgan fingerprint density at radius 3 is 2.14 bits per heavy atom. The molecule has 0 amide bonds. The summed E-state index contributed by atoms with van der Waals surface area (Å²) in [5.74, 6) is -0.951. The molecule has 6 heteroatoms. The Morgan fingerprint density at radius 1 is 0.952 bits per heavy atom. The number of hydrogen-bond acceptors (Lipinski definition) is 3. The van der Waals surface area contributed by atoms with Gasteiger partial charge < -0.3 is 5.11 Å². The minimum Gasteiger partial charge on any atom is -0.481 e.